The van der Waals surface area contributed by atoms with E-state index in [-0.39, 0.29) is 19.0 Å². The van der Waals surface area contributed by atoms with E-state index in [1.165, 1.54) is 11.0 Å². The number of halogens is 1. The van der Waals surface area contributed by atoms with Gasteiger partial charge in [-0.05, 0) is 19.9 Å². The molecule has 2 heterocycles. The maximum Gasteiger partial charge on any atom is 0.326 e. The van der Waals surface area contributed by atoms with Crippen molar-refractivity contribution in [1.29, 1.82) is 0 Å². The quantitative estimate of drug-likeness (QED) is 0.883. The van der Waals surface area contributed by atoms with Crippen LogP contribution in [0.1, 0.15) is 36.8 Å². The van der Waals surface area contributed by atoms with Crippen LogP contribution in [0.3, 0.4) is 0 Å². The first-order valence-corrected chi connectivity index (χ1v) is 6.78. The van der Waals surface area contributed by atoms with Crippen LogP contribution in [-0.2, 0) is 4.79 Å². The molecule has 110 valence electrons. The number of hydrogen-bond donors (Lipinski definition) is 2. The third kappa shape index (κ3) is 2.66. The summed E-state index contributed by atoms with van der Waals surface area (Å²) in [5.74, 6) is -1.53. The lowest BCUT2D eigenvalue weighted by Crippen LogP contribution is -2.41. The van der Waals surface area contributed by atoms with Crippen LogP contribution in [0.25, 0.3) is 0 Å². The van der Waals surface area contributed by atoms with Gasteiger partial charge in [-0.3, -0.25) is 4.79 Å². The molecule has 1 saturated heterocycles. The molecule has 0 aliphatic carbocycles. The fraction of sp³-hybridized carbons (Fsp3) is 0.538. The Morgan fingerprint density at radius 2 is 2.10 bits per heavy atom. The van der Waals surface area contributed by atoms with E-state index in [0.717, 1.165) is 0 Å². The topological polar surface area (TPSA) is 82.8 Å². The lowest BCUT2D eigenvalue weighted by molar-refractivity contribution is -0.141. The molecule has 0 bridgehead atoms. The summed E-state index contributed by atoms with van der Waals surface area (Å²) in [6.45, 7) is 3.83. The zero-order valence-electron chi connectivity index (χ0n) is 11.3. The van der Waals surface area contributed by atoms with Gasteiger partial charge in [-0.2, -0.15) is 0 Å². The first-order valence-electron chi connectivity index (χ1n) is 6.40. The molecule has 6 nitrogen and oxygen atoms in total. The third-order valence-electron chi connectivity index (χ3n) is 3.42. The van der Waals surface area contributed by atoms with Crippen molar-refractivity contribution in [2.45, 2.75) is 38.5 Å². The number of amides is 1. The van der Waals surface area contributed by atoms with Crippen LogP contribution in [0.15, 0.2) is 12.3 Å². The zero-order chi connectivity index (χ0) is 15.0. The number of aromatic nitrogens is 1. The minimum atomic E-state index is -1.11. The summed E-state index contributed by atoms with van der Waals surface area (Å²) >= 11 is 5.93. The molecule has 1 aromatic rings. The van der Waals surface area contributed by atoms with Crippen molar-refractivity contribution in [3.8, 4) is 0 Å². The lowest BCUT2D eigenvalue weighted by atomic mass is 10.2. The molecule has 1 aliphatic heterocycles. The molecule has 2 rings (SSSR count). The molecule has 20 heavy (non-hydrogen) atoms. The van der Waals surface area contributed by atoms with Gasteiger partial charge in [0.15, 0.2) is 0 Å². The molecule has 2 N–H and O–H groups in total. The molecule has 7 heteroatoms. The molecule has 0 radical (unpaired) electrons. The predicted octanol–water partition coefficient (Wildman–Crippen LogP) is 1.38. The monoisotopic (exact) mass is 300 g/mol. The van der Waals surface area contributed by atoms with Crippen molar-refractivity contribution in [3.63, 3.8) is 0 Å². The smallest absolute Gasteiger partial charge is 0.326 e. The molecule has 2 atom stereocenters. The normalized spacial score (nSPS) is 22.6. The fourth-order valence-corrected chi connectivity index (χ4v) is 2.67. The summed E-state index contributed by atoms with van der Waals surface area (Å²) < 4.78 is 1.70. The minimum Gasteiger partial charge on any atom is -0.480 e. The first-order chi connectivity index (χ1) is 9.31. The Kier molecular flexibility index (Phi) is 4.06. The number of aliphatic hydroxyl groups excluding tert-OH is 1. The van der Waals surface area contributed by atoms with E-state index in [1.807, 2.05) is 13.8 Å². The van der Waals surface area contributed by atoms with Crippen molar-refractivity contribution < 1.29 is 19.8 Å². The lowest BCUT2D eigenvalue weighted by Gasteiger charge is -2.22. The van der Waals surface area contributed by atoms with Crippen LogP contribution in [0.5, 0.6) is 0 Å². The summed E-state index contributed by atoms with van der Waals surface area (Å²) in [6.07, 6.45) is 0.886. The molecular formula is C13H17ClN2O4. The van der Waals surface area contributed by atoms with Crippen LogP contribution in [0.4, 0.5) is 0 Å². The summed E-state index contributed by atoms with van der Waals surface area (Å²) in [6, 6.07) is 0.553. The molecule has 1 fully saturated rings. The number of aliphatic hydroxyl groups is 1. The fourth-order valence-electron chi connectivity index (χ4n) is 2.46. The zero-order valence-corrected chi connectivity index (χ0v) is 12.0. The Labute approximate surface area is 121 Å². The Morgan fingerprint density at radius 3 is 2.65 bits per heavy atom. The van der Waals surface area contributed by atoms with Crippen LogP contribution in [0, 0.1) is 0 Å². The number of carboxylic acid groups (broad SMARTS) is 1. The second kappa shape index (κ2) is 5.46. The van der Waals surface area contributed by atoms with Crippen LogP contribution >= 0.6 is 11.6 Å². The number of carboxylic acids is 1. The second-order valence-corrected chi connectivity index (χ2v) is 5.68. The molecule has 0 aromatic carbocycles. The molecule has 1 aliphatic rings. The number of hydrogen-bond acceptors (Lipinski definition) is 3. The highest BCUT2D eigenvalue weighted by Gasteiger charge is 2.40. The van der Waals surface area contributed by atoms with Gasteiger partial charge in [0.05, 0.1) is 11.1 Å². The van der Waals surface area contributed by atoms with E-state index >= 15 is 0 Å². The number of rotatable bonds is 3. The van der Waals surface area contributed by atoms with Crippen LogP contribution in [0.2, 0.25) is 5.02 Å². The van der Waals surface area contributed by atoms with Gasteiger partial charge >= 0.3 is 5.97 Å². The van der Waals surface area contributed by atoms with Crippen molar-refractivity contribution in [2.24, 2.45) is 0 Å². The molecule has 1 amide bonds. The Hall–Kier alpha value is -1.53. The van der Waals surface area contributed by atoms with Gasteiger partial charge in [-0.15, -0.1) is 0 Å². The van der Waals surface area contributed by atoms with Crippen molar-refractivity contribution >= 4 is 23.5 Å². The Bertz CT molecular complexity index is 540. The summed E-state index contributed by atoms with van der Waals surface area (Å²) in [5.41, 5.74) is 0.338. The summed E-state index contributed by atoms with van der Waals surface area (Å²) in [4.78, 5) is 24.9. The third-order valence-corrected chi connectivity index (χ3v) is 3.62. The Morgan fingerprint density at radius 1 is 1.45 bits per heavy atom. The van der Waals surface area contributed by atoms with Gasteiger partial charge in [-0.1, -0.05) is 11.6 Å². The van der Waals surface area contributed by atoms with Gasteiger partial charge in [-0.25, -0.2) is 4.79 Å². The average Bonchev–Trinajstić information content (AvgIpc) is 2.91. The average molecular weight is 301 g/mol. The molecule has 1 unspecified atom stereocenters. The summed E-state index contributed by atoms with van der Waals surface area (Å²) in [7, 11) is 0. The maximum atomic E-state index is 12.5. The summed E-state index contributed by atoms with van der Waals surface area (Å²) in [5, 5.41) is 19.2. The van der Waals surface area contributed by atoms with Gasteiger partial charge in [0.2, 0.25) is 0 Å². The van der Waals surface area contributed by atoms with Gasteiger partial charge in [0, 0.05) is 25.2 Å². The van der Waals surface area contributed by atoms with Gasteiger partial charge < -0.3 is 19.7 Å². The highest BCUT2D eigenvalue weighted by Crippen LogP contribution is 2.25. The van der Waals surface area contributed by atoms with E-state index in [4.69, 9.17) is 16.7 Å². The largest absolute Gasteiger partial charge is 0.480 e. The number of nitrogens with zero attached hydrogens (tertiary/aromatic N) is 2. The second-order valence-electron chi connectivity index (χ2n) is 5.25. The predicted molar refractivity (Wildman–Crippen MR) is 72.9 cm³/mol. The van der Waals surface area contributed by atoms with Crippen molar-refractivity contribution in [2.75, 3.05) is 6.54 Å². The highest BCUT2D eigenvalue weighted by molar-refractivity contribution is 6.31. The van der Waals surface area contributed by atoms with Gasteiger partial charge in [0.25, 0.3) is 5.91 Å². The van der Waals surface area contributed by atoms with Crippen LogP contribution in [-0.4, -0.2) is 50.2 Å². The number of β-amino-alcohol motifs (C(OH)–C–C–N with tert-alkyl or cyclic N) is 1. The van der Waals surface area contributed by atoms with Crippen molar-refractivity contribution in [1.82, 2.24) is 9.47 Å². The molecule has 0 spiro atoms. The SMILES string of the molecule is CC(C)n1cc(Cl)cc1C(=O)N1CC(O)C[C@H]1C(=O)O. The molecular weight excluding hydrogens is 284 g/mol. The standard InChI is InChI=1S/C13H17ClN2O4/c1-7(2)15-5-8(14)3-10(15)12(18)16-6-9(17)4-11(16)13(19)20/h3,5,7,9,11,17H,4,6H2,1-2H3,(H,19,20)/t9?,11-/m0/s1. The number of aliphatic carboxylic acids is 1. The molecule has 0 saturated carbocycles. The molecule has 1 aromatic heterocycles. The number of likely N-dealkylation sites (tertiary alicyclic amines) is 1. The van der Waals surface area contributed by atoms with Crippen molar-refractivity contribution in [3.05, 3.63) is 23.0 Å². The van der Waals surface area contributed by atoms with E-state index < -0.39 is 24.0 Å². The van der Waals surface area contributed by atoms with E-state index in [9.17, 15) is 14.7 Å². The van der Waals surface area contributed by atoms with Crippen LogP contribution < -0.4 is 0 Å². The Balaban J connectivity index is 2.33. The number of carbonyl (C=O) groups excluding carboxylic acids is 1. The minimum absolute atomic E-state index is 0.0245. The highest BCUT2D eigenvalue weighted by atomic mass is 35.5. The van der Waals surface area contributed by atoms with Gasteiger partial charge in [0.1, 0.15) is 11.7 Å². The number of carbonyl (C=O) groups is 2. The van der Waals surface area contributed by atoms with E-state index in [0.29, 0.717) is 10.7 Å². The maximum absolute atomic E-state index is 12.5. The van der Waals surface area contributed by atoms with E-state index in [1.54, 1.807) is 10.8 Å². The van der Waals surface area contributed by atoms with E-state index in [2.05, 4.69) is 0 Å². The first kappa shape index (κ1) is 14.9.